The number of carbonyl (C=O) groups excluding carboxylic acids is 2. The van der Waals surface area contributed by atoms with Gasteiger partial charge in [-0.05, 0) is 97.1 Å². The van der Waals surface area contributed by atoms with Crippen LogP contribution in [-0.4, -0.2) is 42.8 Å². The second kappa shape index (κ2) is 8.67. The molecule has 1 amide bonds. The fraction of sp³-hybridized carbons (Fsp3) is 0.619. The fourth-order valence-corrected chi connectivity index (χ4v) is 7.16. The average molecular weight is 601 g/mol. The molecule has 182 valence electrons. The van der Waals surface area contributed by atoms with Crippen molar-refractivity contribution in [3.05, 3.63) is 27.3 Å². The summed E-state index contributed by atoms with van der Waals surface area (Å²) in [6.07, 6.45) is 0.349. The number of amides is 1. The van der Waals surface area contributed by atoms with Crippen molar-refractivity contribution in [1.29, 1.82) is 0 Å². The van der Waals surface area contributed by atoms with Gasteiger partial charge >= 0.3 is 12.1 Å². The van der Waals surface area contributed by atoms with Crippen molar-refractivity contribution in [3.8, 4) is 5.75 Å². The molecule has 0 saturated heterocycles. The molecule has 4 bridgehead atoms. The van der Waals surface area contributed by atoms with Crippen LogP contribution in [0.25, 0.3) is 0 Å². The van der Waals surface area contributed by atoms with Crippen molar-refractivity contribution in [1.82, 2.24) is 5.32 Å². The molecule has 33 heavy (non-hydrogen) atoms. The van der Waals surface area contributed by atoms with Gasteiger partial charge in [-0.1, -0.05) is 0 Å². The number of ether oxygens (including phenoxy) is 1. The van der Waals surface area contributed by atoms with Crippen molar-refractivity contribution < 1.29 is 40.5 Å². The van der Waals surface area contributed by atoms with Gasteiger partial charge in [0.2, 0.25) is 0 Å². The van der Waals surface area contributed by atoms with Gasteiger partial charge in [0, 0.05) is 3.57 Å². The van der Waals surface area contributed by atoms with Crippen LogP contribution in [-0.2, 0) is 14.9 Å². The number of esters is 1. The molecular weight excluding hydrogens is 578 g/mol. The van der Waals surface area contributed by atoms with Crippen molar-refractivity contribution in [3.63, 3.8) is 0 Å². The Labute approximate surface area is 202 Å². The van der Waals surface area contributed by atoms with E-state index in [1.165, 1.54) is 18.2 Å². The number of alkyl halides is 3. The van der Waals surface area contributed by atoms with E-state index in [1.54, 1.807) is 5.32 Å². The Morgan fingerprint density at radius 3 is 2.18 bits per heavy atom. The molecule has 4 aliphatic carbocycles. The predicted molar refractivity (Wildman–Crippen MR) is 119 cm³/mol. The van der Waals surface area contributed by atoms with Gasteiger partial charge in [-0.15, -0.1) is 0 Å². The van der Waals surface area contributed by atoms with Crippen LogP contribution in [0.2, 0.25) is 0 Å². The van der Waals surface area contributed by atoms with Gasteiger partial charge in [0.1, 0.15) is 17.5 Å². The molecule has 0 heterocycles. The van der Waals surface area contributed by atoms with E-state index in [4.69, 9.17) is 9.29 Å². The molecule has 0 spiro atoms. The van der Waals surface area contributed by atoms with E-state index in [-0.39, 0.29) is 11.3 Å². The zero-order valence-corrected chi connectivity index (χ0v) is 20.4. The van der Waals surface area contributed by atoms with E-state index in [9.17, 15) is 31.2 Å². The van der Waals surface area contributed by atoms with Crippen LogP contribution < -0.4 is 10.1 Å². The first kappa shape index (κ1) is 24.7. The summed E-state index contributed by atoms with van der Waals surface area (Å²) < 4.78 is 76.8. The van der Waals surface area contributed by atoms with Gasteiger partial charge in [-0.25, -0.2) is 0 Å². The lowest BCUT2D eigenvalue weighted by molar-refractivity contribution is -0.161. The van der Waals surface area contributed by atoms with Crippen LogP contribution in [0.15, 0.2) is 18.2 Å². The van der Waals surface area contributed by atoms with E-state index < -0.39 is 45.4 Å². The Morgan fingerprint density at radius 1 is 1.15 bits per heavy atom. The number of benzene rings is 1. The summed E-state index contributed by atoms with van der Waals surface area (Å²) in [5.41, 5.74) is -0.957. The minimum Gasteiger partial charge on any atom is -0.425 e. The molecule has 4 saturated carbocycles. The van der Waals surface area contributed by atoms with Crippen LogP contribution in [0.4, 0.5) is 13.2 Å². The zero-order chi connectivity index (χ0) is 24.2. The molecule has 0 aromatic heterocycles. The molecular formula is C21H23F3INO6S. The summed E-state index contributed by atoms with van der Waals surface area (Å²) in [5.74, 6) is -2.22. The first-order valence-corrected chi connectivity index (χ1v) is 13.3. The van der Waals surface area contributed by atoms with Crippen LogP contribution >= 0.6 is 22.6 Å². The molecule has 4 aliphatic rings. The molecule has 1 aromatic rings. The summed E-state index contributed by atoms with van der Waals surface area (Å²) in [4.78, 5) is 25.9. The fourth-order valence-electron chi connectivity index (χ4n) is 6.00. The number of halogens is 4. The topological polar surface area (TPSA) is 110 Å². The molecule has 4 fully saturated rings. The Kier molecular flexibility index (Phi) is 6.49. The third-order valence-electron chi connectivity index (χ3n) is 6.94. The Morgan fingerprint density at radius 2 is 1.70 bits per heavy atom. The van der Waals surface area contributed by atoms with Crippen LogP contribution in [0.5, 0.6) is 5.75 Å². The Balaban J connectivity index is 1.56. The monoisotopic (exact) mass is 601 g/mol. The van der Waals surface area contributed by atoms with E-state index in [0.29, 0.717) is 21.3 Å². The lowest BCUT2D eigenvalue weighted by atomic mass is 9.49. The smallest absolute Gasteiger partial charge is 0.409 e. The van der Waals surface area contributed by atoms with Gasteiger partial charge in [0.25, 0.3) is 16.0 Å². The largest absolute Gasteiger partial charge is 0.425 e. The highest BCUT2D eigenvalue weighted by Gasteiger charge is 2.55. The summed E-state index contributed by atoms with van der Waals surface area (Å²) in [6.45, 7) is 0. The minimum atomic E-state index is -5.12. The molecule has 1 atom stereocenters. The molecule has 2 N–H and O–H groups in total. The summed E-state index contributed by atoms with van der Waals surface area (Å²) in [5, 5.41) is 1.60. The van der Waals surface area contributed by atoms with E-state index in [0.717, 1.165) is 38.5 Å². The normalized spacial score (nSPS) is 29.5. The molecule has 7 nitrogen and oxygen atoms in total. The lowest BCUT2D eigenvalue weighted by Gasteiger charge is -2.55. The number of rotatable bonds is 6. The molecule has 12 heteroatoms. The second-order valence-electron chi connectivity index (χ2n) is 9.54. The number of carbonyl (C=O) groups is 2. The van der Waals surface area contributed by atoms with Gasteiger partial charge in [-0.3, -0.25) is 14.1 Å². The molecule has 0 aliphatic heterocycles. The lowest BCUT2D eigenvalue weighted by Crippen LogP contribution is -2.51. The molecule has 0 radical (unpaired) electrons. The van der Waals surface area contributed by atoms with Crippen LogP contribution in [0.1, 0.15) is 48.9 Å². The predicted octanol–water partition coefficient (Wildman–Crippen LogP) is 3.96. The van der Waals surface area contributed by atoms with Crippen LogP contribution in [0, 0.1) is 26.7 Å². The average Bonchev–Trinajstić information content (AvgIpc) is 2.64. The number of hydrogen-bond donors (Lipinski definition) is 2. The van der Waals surface area contributed by atoms with Crippen molar-refractivity contribution in [2.24, 2.45) is 23.2 Å². The van der Waals surface area contributed by atoms with E-state index in [1.807, 2.05) is 22.6 Å². The zero-order valence-electron chi connectivity index (χ0n) is 17.4. The highest BCUT2D eigenvalue weighted by molar-refractivity contribution is 14.1. The summed E-state index contributed by atoms with van der Waals surface area (Å²) in [6, 6.07) is 1.24. The third kappa shape index (κ3) is 5.47. The maximum absolute atomic E-state index is 13.3. The highest BCUT2D eigenvalue weighted by Crippen LogP contribution is 2.60. The minimum absolute atomic E-state index is 0.173. The van der Waals surface area contributed by atoms with Crippen molar-refractivity contribution in [2.75, 3.05) is 5.75 Å². The second-order valence-corrected chi connectivity index (χ2v) is 12.3. The summed E-state index contributed by atoms with van der Waals surface area (Å²) >= 11 is 1.93. The van der Waals surface area contributed by atoms with Gasteiger partial charge in [-0.2, -0.15) is 21.6 Å². The molecule has 1 unspecified atom stereocenters. The van der Waals surface area contributed by atoms with Crippen molar-refractivity contribution >= 4 is 44.6 Å². The maximum atomic E-state index is 13.3. The third-order valence-corrected chi connectivity index (χ3v) is 8.37. The quantitative estimate of drug-likeness (QED) is 0.221. The van der Waals surface area contributed by atoms with Gasteiger partial charge < -0.3 is 10.1 Å². The standard InChI is InChI=1S/C21H23F3INO6S/c22-21(23,24)17(10-33(29,30)31)26-18(27)15-2-1-14(25)6-16(15)32-19(28)20-7-11-3-12(8-20)5-13(4-11)9-20/h1-2,6,11-13,17H,3-5,7-10H2,(H,26,27)(H,29,30,31). The maximum Gasteiger partial charge on any atom is 0.409 e. The highest BCUT2D eigenvalue weighted by atomic mass is 127. The summed E-state index contributed by atoms with van der Waals surface area (Å²) in [7, 11) is -5.02. The van der Waals surface area contributed by atoms with Gasteiger partial charge in [0.05, 0.1) is 11.0 Å². The van der Waals surface area contributed by atoms with Gasteiger partial charge in [0.15, 0.2) is 0 Å². The number of hydrogen-bond acceptors (Lipinski definition) is 5. The Hall–Kier alpha value is -1.41. The number of nitrogens with one attached hydrogen (secondary N) is 1. The molecule has 5 rings (SSSR count). The van der Waals surface area contributed by atoms with Crippen molar-refractivity contribution in [2.45, 2.75) is 50.7 Å². The Bertz CT molecular complexity index is 1040. The first-order chi connectivity index (χ1) is 15.2. The SMILES string of the molecule is O=C(NC(CS(=O)(=O)O)C(F)(F)F)c1ccc(I)cc1OC(=O)C12CC3CC(CC(C3)C1)C2. The first-order valence-electron chi connectivity index (χ1n) is 10.6. The van der Waals surface area contributed by atoms with E-state index >= 15 is 0 Å². The van der Waals surface area contributed by atoms with E-state index in [2.05, 4.69) is 0 Å². The molecule has 1 aromatic carbocycles. The van der Waals surface area contributed by atoms with Crippen LogP contribution in [0.3, 0.4) is 0 Å².